The van der Waals surface area contributed by atoms with E-state index in [0.717, 1.165) is 44.9 Å². The molecule has 0 aromatic rings. The van der Waals surface area contributed by atoms with Crippen molar-refractivity contribution in [2.45, 2.75) is 102 Å². The molecule has 10 atom stereocenters. The highest BCUT2D eigenvalue weighted by Gasteiger charge is 2.65. The van der Waals surface area contributed by atoms with E-state index >= 15 is 0 Å². The summed E-state index contributed by atoms with van der Waals surface area (Å²) in [5, 5.41) is 3.21. The number of halogens is 3. The summed E-state index contributed by atoms with van der Waals surface area (Å²) in [6.07, 6.45) is 6.44. The summed E-state index contributed by atoms with van der Waals surface area (Å²) in [6.45, 7) is 11.5. The molecule has 4 aliphatic rings. The fraction of sp³-hybridized carbons (Fsp3) is 0.929. The van der Waals surface area contributed by atoms with Gasteiger partial charge in [0.15, 0.2) is 0 Å². The van der Waals surface area contributed by atoms with Gasteiger partial charge in [-0.15, -0.1) is 0 Å². The average molecular weight is 581 g/mol. The lowest BCUT2D eigenvalue weighted by atomic mass is 9.43. The van der Waals surface area contributed by atoms with E-state index in [1.54, 1.807) is 6.92 Å². The van der Waals surface area contributed by atoms with E-state index in [2.05, 4.69) is 19.2 Å². The van der Waals surface area contributed by atoms with Gasteiger partial charge in [-0.2, -0.15) is 0 Å². The number of fused-ring (bicyclic) bond motifs is 5. The molecule has 4 aliphatic carbocycles. The summed E-state index contributed by atoms with van der Waals surface area (Å²) in [4.78, 5) is 25.7. The van der Waals surface area contributed by atoms with E-state index in [1.807, 2.05) is 13.8 Å². The van der Waals surface area contributed by atoms with E-state index in [4.69, 9.17) is 49.0 Å². The van der Waals surface area contributed by atoms with Crippen LogP contribution in [0, 0.1) is 40.4 Å². The highest BCUT2D eigenvalue weighted by atomic mass is 35.6. The lowest BCUT2D eigenvalue weighted by Crippen LogP contribution is -2.64. The Morgan fingerprint density at radius 3 is 2.24 bits per heavy atom. The van der Waals surface area contributed by atoms with Gasteiger partial charge in [0.05, 0.1) is 12.2 Å². The first-order valence-electron chi connectivity index (χ1n) is 14.1. The third-order valence-electron chi connectivity index (χ3n) is 10.5. The molecule has 0 spiro atoms. The molecule has 4 fully saturated rings. The van der Waals surface area contributed by atoms with Crippen molar-refractivity contribution in [2.75, 3.05) is 19.8 Å². The molecule has 0 aromatic heterocycles. The topological polar surface area (TPSA) is 73.9 Å². The molecule has 6 nitrogen and oxygen atoms in total. The summed E-state index contributed by atoms with van der Waals surface area (Å²) in [6, 6.07) is -0.132. The smallest absolute Gasteiger partial charge is 0.407 e. The summed E-state index contributed by atoms with van der Waals surface area (Å²) in [5.41, 5.74) is -0.176. The molecule has 0 bridgehead atoms. The average Bonchev–Trinajstić information content (AvgIpc) is 3.15. The number of hydrogen-bond acceptors (Lipinski definition) is 5. The lowest BCUT2D eigenvalue weighted by molar-refractivity contribution is -0.188. The number of ketones is 1. The van der Waals surface area contributed by atoms with Crippen LogP contribution in [0.1, 0.15) is 79.6 Å². The Bertz CT molecular complexity index is 852. The van der Waals surface area contributed by atoms with Crippen molar-refractivity contribution >= 4 is 46.7 Å². The lowest BCUT2D eigenvalue weighted by Gasteiger charge is -2.64. The molecule has 4 saturated carbocycles. The third kappa shape index (κ3) is 5.80. The zero-order valence-corrected chi connectivity index (χ0v) is 25.1. The Morgan fingerprint density at radius 1 is 0.946 bits per heavy atom. The molecule has 0 aromatic carbocycles. The maximum Gasteiger partial charge on any atom is 0.407 e. The van der Waals surface area contributed by atoms with Crippen molar-refractivity contribution in [1.29, 1.82) is 0 Å². The Labute approximate surface area is 237 Å². The highest BCUT2D eigenvalue weighted by Crippen LogP contribution is 2.67. The number of amides is 1. The predicted octanol–water partition coefficient (Wildman–Crippen LogP) is 6.73. The zero-order valence-electron chi connectivity index (χ0n) is 22.9. The van der Waals surface area contributed by atoms with Gasteiger partial charge in [0, 0.05) is 25.2 Å². The molecular formula is C28H44Cl3NO5. The van der Waals surface area contributed by atoms with Crippen LogP contribution in [0.25, 0.3) is 0 Å². The van der Waals surface area contributed by atoms with Gasteiger partial charge in [0.2, 0.25) is 3.79 Å². The molecule has 0 saturated heterocycles. The molecule has 1 amide bonds. The molecule has 9 heteroatoms. The maximum atomic E-state index is 13.0. The van der Waals surface area contributed by atoms with E-state index in [0.29, 0.717) is 31.0 Å². The van der Waals surface area contributed by atoms with Crippen molar-refractivity contribution in [1.82, 2.24) is 5.32 Å². The van der Waals surface area contributed by atoms with Gasteiger partial charge < -0.3 is 19.5 Å². The minimum Gasteiger partial charge on any atom is -0.445 e. The van der Waals surface area contributed by atoms with E-state index in [1.165, 1.54) is 0 Å². The van der Waals surface area contributed by atoms with Crippen molar-refractivity contribution in [3.8, 4) is 0 Å². The van der Waals surface area contributed by atoms with Gasteiger partial charge in [-0.3, -0.25) is 4.79 Å². The van der Waals surface area contributed by atoms with Crippen molar-refractivity contribution in [3.05, 3.63) is 0 Å². The third-order valence-corrected chi connectivity index (χ3v) is 10.8. The van der Waals surface area contributed by atoms with E-state index < -0.39 is 9.89 Å². The van der Waals surface area contributed by atoms with Gasteiger partial charge in [-0.1, -0.05) is 48.7 Å². The van der Waals surface area contributed by atoms with Crippen LogP contribution in [0.4, 0.5) is 4.79 Å². The minimum absolute atomic E-state index is 0.0235. The molecule has 37 heavy (non-hydrogen) atoms. The summed E-state index contributed by atoms with van der Waals surface area (Å²) in [5.74, 6) is 1.91. The highest BCUT2D eigenvalue weighted by molar-refractivity contribution is 6.67. The molecule has 212 valence electrons. The minimum atomic E-state index is -1.67. The van der Waals surface area contributed by atoms with Gasteiger partial charge >= 0.3 is 6.09 Å². The van der Waals surface area contributed by atoms with Gasteiger partial charge in [0.25, 0.3) is 0 Å². The van der Waals surface area contributed by atoms with Gasteiger partial charge in [-0.25, -0.2) is 4.79 Å². The first-order chi connectivity index (χ1) is 17.3. The number of ether oxygens (including phenoxy) is 3. The van der Waals surface area contributed by atoms with Crippen molar-refractivity contribution < 1.29 is 23.8 Å². The normalized spacial score (nSPS) is 43.4. The van der Waals surface area contributed by atoms with Crippen LogP contribution >= 0.6 is 34.8 Å². The summed E-state index contributed by atoms with van der Waals surface area (Å²) in [7, 11) is 0. The van der Waals surface area contributed by atoms with E-state index in [9.17, 15) is 9.59 Å². The Morgan fingerprint density at radius 2 is 1.62 bits per heavy atom. The fourth-order valence-corrected chi connectivity index (χ4v) is 9.50. The predicted molar refractivity (Wildman–Crippen MR) is 146 cm³/mol. The van der Waals surface area contributed by atoms with Crippen molar-refractivity contribution in [3.63, 3.8) is 0 Å². The van der Waals surface area contributed by atoms with Crippen LogP contribution < -0.4 is 5.32 Å². The summed E-state index contributed by atoms with van der Waals surface area (Å²) < 4.78 is 16.1. The Kier molecular flexibility index (Phi) is 9.08. The van der Waals surface area contributed by atoms with Crippen molar-refractivity contribution in [2.24, 2.45) is 40.4 Å². The van der Waals surface area contributed by atoms with Gasteiger partial charge in [-0.05, 0) is 100 Å². The number of hydrogen-bond donors (Lipinski definition) is 1. The van der Waals surface area contributed by atoms with E-state index in [-0.39, 0.29) is 53.3 Å². The number of alkyl halides is 3. The molecular weight excluding hydrogens is 537 g/mol. The summed E-state index contributed by atoms with van der Waals surface area (Å²) >= 11 is 17.5. The molecule has 0 aliphatic heterocycles. The SMILES string of the molecule is CCOC1CC2CC[C@H]3[C@@H]4CC[C@H](C(C)=O)[C@@]4(C)CC(NC(=O)OCC(Cl)(Cl)Cl)[C@@H]3[C@@]2(C)CC1OCC. The second-order valence-electron chi connectivity index (χ2n) is 12.4. The van der Waals surface area contributed by atoms with Gasteiger partial charge in [0.1, 0.15) is 12.4 Å². The van der Waals surface area contributed by atoms with Crippen LogP contribution in [-0.4, -0.2) is 53.7 Å². The second kappa shape index (κ2) is 11.3. The first kappa shape index (κ1) is 29.7. The molecule has 4 unspecified atom stereocenters. The first-order valence-corrected chi connectivity index (χ1v) is 15.2. The van der Waals surface area contributed by atoms with Crippen LogP contribution in [0.2, 0.25) is 0 Å². The Hall–Kier alpha value is -0.270. The standard InChI is InChI=1S/C28H44Cl3NO5/c1-6-35-22-12-17-8-9-18-20-11-10-19(16(3)33)27(20,5)13-21(32-25(34)37-15-28(29,30)31)24(18)26(17,4)14-23(22)36-7-2/h17-24H,6-15H2,1-5H3,(H,32,34)/t17?,18-,19+,20-,21?,22?,23?,24+,26-,27+/m0/s1. The monoisotopic (exact) mass is 579 g/mol. The fourth-order valence-electron chi connectivity index (χ4n) is 9.34. The van der Waals surface area contributed by atoms with Crippen LogP contribution in [0.3, 0.4) is 0 Å². The van der Waals surface area contributed by atoms with Crippen LogP contribution in [0.15, 0.2) is 0 Å². The largest absolute Gasteiger partial charge is 0.445 e. The Balaban J connectivity index is 1.67. The number of alkyl carbamates (subject to hydrolysis) is 1. The second-order valence-corrected chi connectivity index (χ2v) is 14.9. The number of carbonyl (C=O) groups is 2. The number of nitrogens with one attached hydrogen (secondary N) is 1. The number of carbonyl (C=O) groups excluding carboxylic acids is 2. The zero-order chi connectivity index (χ0) is 27.2. The number of rotatable bonds is 7. The number of Topliss-reactive ketones (excluding diaryl/α,β-unsaturated/α-hetero) is 1. The molecule has 0 radical (unpaired) electrons. The maximum absolute atomic E-state index is 13.0. The van der Waals surface area contributed by atoms with Crippen LogP contribution in [0.5, 0.6) is 0 Å². The molecule has 4 rings (SSSR count). The molecule has 0 heterocycles. The quantitative estimate of drug-likeness (QED) is 0.338. The van der Waals surface area contributed by atoms with Crippen LogP contribution in [-0.2, 0) is 19.0 Å². The molecule has 1 N–H and O–H groups in total.